The average Bonchev–Trinajstić information content (AvgIpc) is 2.82. The maximum absolute atomic E-state index is 12.7. The van der Waals surface area contributed by atoms with Crippen molar-refractivity contribution in [1.82, 2.24) is 0 Å². The Labute approximate surface area is 185 Å². The van der Waals surface area contributed by atoms with Gasteiger partial charge in [0.05, 0.1) is 13.2 Å². The van der Waals surface area contributed by atoms with E-state index in [0.717, 1.165) is 54.0 Å². The Morgan fingerprint density at radius 1 is 0.710 bits per heavy atom. The van der Waals surface area contributed by atoms with Crippen LogP contribution in [0.25, 0.3) is 0 Å². The number of aryl methyl sites for hydroxylation is 2. The SMILES string of the molecule is CCc1cccc(CC)c1NC(=O)c1ccc(OCCCCOc2ccccc2)cc1. The van der Waals surface area contributed by atoms with Gasteiger partial charge in [-0.25, -0.2) is 0 Å². The fraction of sp³-hybridized carbons (Fsp3) is 0.296. The molecule has 0 bridgehead atoms. The third kappa shape index (κ3) is 6.61. The first kappa shape index (κ1) is 22.4. The Bertz CT molecular complexity index is 930. The number of hydrogen-bond acceptors (Lipinski definition) is 3. The van der Waals surface area contributed by atoms with Crippen LogP contribution in [0.3, 0.4) is 0 Å². The Balaban J connectivity index is 1.45. The van der Waals surface area contributed by atoms with Gasteiger partial charge in [-0.3, -0.25) is 4.79 Å². The van der Waals surface area contributed by atoms with Crippen molar-refractivity contribution in [3.63, 3.8) is 0 Å². The van der Waals surface area contributed by atoms with Crippen molar-refractivity contribution in [1.29, 1.82) is 0 Å². The second-order valence-corrected chi connectivity index (χ2v) is 7.35. The summed E-state index contributed by atoms with van der Waals surface area (Å²) in [4.78, 5) is 12.7. The summed E-state index contributed by atoms with van der Waals surface area (Å²) < 4.78 is 11.5. The van der Waals surface area contributed by atoms with Gasteiger partial charge in [0, 0.05) is 11.3 Å². The van der Waals surface area contributed by atoms with Crippen LogP contribution in [-0.2, 0) is 12.8 Å². The highest BCUT2D eigenvalue weighted by Gasteiger charge is 2.12. The smallest absolute Gasteiger partial charge is 0.255 e. The minimum absolute atomic E-state index is 0.0970. The number of anilines is 1. The van der Waals surface area contributed by atoms with Crippen LogP contribution in [0, 0.1) is 0 Å². The number of hydrogen-bond donors (Lipinski definition) is 1. The lowest BCUT2D eigenvalue weighted by Gasteiger charge is -2.14. The first-order valence-corrected chi connectivity index (χ1v) is 11.0. The summed E-state index contributed by atoms with van der Waals surface area (Å²) in [6, 6.07) is 23.3. The van der Waals surface area contributed by atoms with E-state index >= 15 is 0 Å². The van der Waals surface area contributed by atoms with Crippen LogP contribution < -0.4 is 14.8 Å². The lowest BCUT2D eigenvalue weighted by molar-refractivity contribution is 0.102. The molecule has 4 heteroatoms. The summed E-state index contributed by atoms with van der Waals surface area (Å²) in [7, 11) is 0. The molecular weight excluding hydrogens is 386 g/mol. The van der Waals surface area contributed by atoms with Gasteiger partial charge in [0.25, 0.3) is 5.91 Å². The molecule has 31 heavy (non-hydrogen) atoms. The zero-order valence-corrected chi connectivity index (χ0v) is 18.4. The number of ether oxygens (including phenoxy) is 2. The molecular formula is C27H31NO3. The lowest BCUT2D eigenvalue weighted by Crippen LogP contribution is -2.14. The Morgan fingerprint density at radius 3 is 1.81 bits per heavy atom. The van der Waals surface area contributed by atoms with Crippen LogP contribution in [0.4, 0.5) is 5.69 Å². The molecule has 3 aromatic carbocycles. The van der Waals surface area contributed by atoms with Crippen molar-refractivity contribution in [2.45, 2.75) is 39.5 Å². The Morgan fingerprint density at radius 2 is 1.26 bits per heavy atom. The van der Waals surface area contributed by atoms with Crippen molar-refractivity contribution >= 4 is 11.6 Å². The molecule has 1 N–H and O–H groups in total. The summed E-state index contributed by atoms with van der Waals surface area (Å²) in [5, 5.41) is 3.10. The number of amides is 1. The first-order valence-electron chi connectivity index (χ1n) is 11.0. The number of unbranched alkanes of at least 4 members (excludes halogenated alkanes) is 1. The number of nitrogens with one attached hydrogen (secondary N) is 1. The quantitative estimate of drug-likeness (QED) is 0.372. The van der Waals surface area contributed by atoms with Crippen molar-refractivity contribution in [3.05, 3.63) is 89.5 Å². The Hall–Kier alpha value is -3.27. The van der Waals surface area contributed by atoms with Gasteiger partial charge in [-0.15, -0.1) is 0 Å². The predicted octanol–water partition coefficient (Wildman–Crippen LogP) is 6.30. The number of para-hydroxylation sites is 2. The minimum Gasteiger partial charge on any atom is -0.494 e. The van der Waals surface area contributed by atoms with E-state index in [1.54, 1.807) is 0 Å². The fourth-order valence-electron chi connectivity index (χ4n) is 3.39. The molecule has 3 rings (SSSR count). The molecule has 162 valence electrons. The van der Waals surface area contributed by atoms with Crippen LogP contribution in [0.1, 0.15) is 48.2 Å². The van der Waals surface area contributed by atoms with Crippen molar-refractivity contribution in [2.24, 2.45) is 0 Å². The maximum atomic E-state index is 12.7. The molecule has 1 amide bonds. The summed E-state index contributed by atoms with van der Waals surface area (Å²) in [6.07, 6.45) is 3.59. The molecule has 0 aliphatic heterocycles. The predicted molar refractivity (Wildman–Crippen MR) is 126 cm³/mol. The molecule has 3 aromatic rings. The van der Waals surface area contributed by atoms with E-state index in [2.05, 4.69) is 31.3 Å². The van der Waals surface area contributed by atoms with Gasteiger partial charge in [-0.2, -0.15) is 0 Å². The van der Waals surface area contributed by atoms with Crippen LogP contribution in [0.5, 0.6) is 11.5 Å². The van der Waals surface area contributed by atoms with Crippen molar-refractivity contribution < 1.29 is 14.3 Å². The van der Waals surface area contributed by atoms with E-state index in [1.165, 1.54) is 0 Å². The molecule has 0 fully saturated rings. The van der Waals surface area contributed by atoms with Crippen LogP contribution in [-0.4, -0.2) is 19.1 Å². The van der Waals surface area contributed by atoms with Gasteiger partial charge >= 0.3 is 0 Å². The minimum atomic E-state index is -0.0970. The summed E-state index contributed by atoms with van der Waals surface area (Å²) in [6.45, 7) is 5.49. The third-order valence-corrected chi connectivity index (χ3v) is 5.17. The second-order valence-electron chi connectivity index (χ2n) is 7.35. The molecule has 0 saturated carbocycles. The van der Waals surface area contributed by atoms with Gasteiger partial charge < -0.3 is 14.8 Å². The van der Waals surface area contributed by atoms with Crippen molar-refractivity contribution in [2.75, 3.05) is 18.5 Å². The highest BCUT2D eigenvalue weighted by atomic mass is 16.5. The molecule has 0 unspecified atom stereocenters. The highest BCUT2D eigenvalue weighted by Crippen LogP contribution is 2.24. The van der Waals surface area contributed by atoms with E-state index in [-0.39, 0.29) is 5.91 Å². The summed E-state index contributed by atoms with van der Waals surface area (Å²) in [5.74, 6) is 1.56. The normalized spacial score (nSPS) is 10.5. The van der Waals surface area contributed by atoms with E-state index in [4.69, 9.17) is 9.47 Å². The van der Waals surface area contributed by atoms with E-state index < -0.39 is 0 Å². The van der Waals surface area contributed by atoms with Crippen LogP contribution in [0.15, 0.2) is 72.8 Å². The molecule has 0 heterocycles. The molecule has 0 aromatic heterocycles. The Kier molecular flexibility index (Phi) is 8.53. The van der Waals surface area contributed by atoms with Crippen molar-refractivity contribution in [3.8, 4) is 11.5 Å². The van der Waals surface area contributed by atoms with E-state index in [0.29, 0.717) is 18.8 Å². The highest BCUT2D eigenvalue weighted by molar-refractivity contribution is 6.05. The standard InChI is InChI=1S/C27H31NO3/c1-3-21-11-10-12-22(4-2)26(21)28-27(29)23-15-17-25(18-16-23)31-20-9-8-19-30-24-13-6-5-7-14-24/h5-7,10-18H,3-4,8-9,19-20H2,1-2H3,(H,28,29). The number of rotatable bonds is 11. The first-order chi connectivity index (χ1) is 15.2. The third-order valence-electron chi connectivity index (χ3n) is 5.17. The number of carbonyl (C=O) groups excluding carboxylic acids is 1. The fourth-order valence-corrected chi connectivity index (χ4v) is 3.39. The van der Waals surface area contributed by atoms with Gasteiger partial charge in [0.2, 0.25) is 0 Å². The largest absolute Gasteiger partial charge is 0.494 e. The molecule has 0 radical (unpaired) electrons. The number of benzene rings is 3. The topological polar surface area (TPSA) is 47.6 Å². The van der Waals surface area contributed by atoms with Gasteiger partial charge in [-0.1, -0.05) is 50.2 Å². The molecule has 4 nitrogen and oxygen atoms in total. The monoisotopic (exact) mass is 417 g/mol. The molecule has 0 saturated heterocycles. The van der Waals surface area contributed by atoms with Gasteiger partial charge in [0.1, 0.15) is 11.5 Å². The van der Waals surface area contributed by atoms with E-state index in [1.807, 2.05) is 60.7 Å². The number of carbonyl (C=O) groups is 1. The van der Waals surface area contributed by atoms with Crippen LogP contribution >= 0.6 is 0 Å². The van der Waals surface area contributed by atoms with Gasteiger partial charge in [-0.05, 0) is 73.2 Å². The second kappa shape index (κ2) is 11.8. The van der Waals surface area contributed by atoms with E-state index in [9.17, 15) is 4.79 Å². The summed E-state index contributed by atoms with van der Waals surface area (Å²) >= 11 is 0. The zero-order chi connectivity index (χ0) is 21.9. The van der Waals surface area contributed by atoms with Crippen LogP contribution in [0.2, 0.25) is 0 Å². The lowest BCUT2D eigenvalue weighted by atomic mass is 10.0. The molecule has 0 aliphatic carbocycles. The summed E-state index contributed by atoms with van der Waals surface area (Å²) in [5.41, 5.74) is 3.87. The zero-order valence-electron chi connectivity index (χ0n) is 18.4. The van der Waals surface area contributed by atoms with Gasteiger partial charge in [0.15, 0.2) is 0 Å². The average molecular weight is 418 g/mol. The molecule has 0 atom stereocenters. The maximum Gasteiger partial charge on any atom is 0.255 e. The molecule has 0 aliphatic rings. The molecule has 0 spiro atoms.